The Morgan fingerprint density at radius 3 is 2.78 bits per heavy atom. The van der Waals surface area contributed by atoms with Gasteiger partial charge in [-0.25, -0.2) is 4.79 Å². The van der Waals surface area contributed by atoms with E-state index in [4.69, 9.17) is 5.11 Å². The highest BCUT2D eigenvalue weighted by atomic mass is 16.4. The molecule has 2 rings (SSSR count). The lowest BCUT2D eigenvalue weighted by molar-refractivity contribution is 0.0694. The van der Waals surface area contributed by atoms with Crippen molar-refractivity contribution in [2.45, 2.75) is 0 Å². The van der Waals surface area contributed by atoms with E-state index >= 15 is 0 Å². The standard InChI is InChI=1S/C10H8N4O4/c15-7-3-5(1-2-6(7)9(17)18)12-10-13-8(16)4-11-14-10/h1-4,15H,(H,17,18)(H2,12,13,14,16). The number of aromatic carboxylic acids is 1. The monoisotopic (exact) mass is 248 g/mol. The number of hydrogen-bond acceptors (Lipinski definition) is 6. The predicted molar refractivity (Wildman–Crippen MR) is 61.0 cm³/mol. The van der Waals surface area contributed by atoms with Crippen LogP contribution in [0.1, 0.15) is 10.4 Å². The van der Waals surface area contributed by atoms with Crippen molar-refractivity contribution in [2.24, 2.45) is 0 Å². The third-order valence-corrected chi connectivity index (χ3v) is 2.07. The molecule has 0 aliphatic carbocycles. The average molecular weight is 248 g/mol. The van der Waals surface area contributed by atoms with Crippen LogP contribution in [-0.2, 0) is 0 Å². The molecule has 1 heterocycles. The SMILES string of the molecule is O=C(O)c1ccc(Nc2nncc(=O)[nH]2)cc1O. The fraction of sp³-hybridized carbons (Fsp3) is 0. The van der Waals surface area contributed by atoms with Crippen LogP contribution in [0, 0.1) is 0 Å². The van der Waals surface area contributed by atoms with E-state index in [9.17, 15) is 14.7 Å². The minimum absolute atomic E-state index is 0.0879. The van der Waals surface area contributed by atoms with Crippen LogP contribution in [0.25, 0.3) is 0 Å². The highest BCUT2D eigenvalue weighted by Gasteiger charge is 2.09. The normalized spacial score (nSPS) is 10.0. The Morgan fingerprint density at radius 2 is 2.17 bits per heavy atom. The largest absolute Gasteiger partial charge is 0.507 e. The molecule has 1 aromatic heterocycles. The summed E-state index contributed by atoms with van der Waals surface area (Å²) in [7, 11) is 0. The van der Waals surface area contributed by atoms with Crippen molar-refractivity contribution in [1.82, 2.24) is 15.2 Å². The number of carbonyl (C=O) groups is 1. The number of rotatable bonds is 3. The van der Waals surface area contributed by atoms with Crippen molar-refractivity contribution in [2.75, 3.05) is 5.32 Å². The van der Waals surface area contributed by atoms with E-state index in [1.165, 1.54) is 18.2 Å². The number of nitrogens with one attached hydrogen (secondary N) is 2. The summed E-state index contributed by atoms with van der Waals surface area (Å²) < 4.78 is 0. The number of phenols is 1. The van der Waals surface area contributed by atoms with E-state index in [2.05, 4.69) is 20.5 Å². The molecule has 92 valence electrons. The van der Waals surface area contributed by atoms with Crippen LogP contribution in [-0.4, -0.2) is 31.4 Å². The second kappa shape index (κ2) is 4.53. The van der Waals surface area contributed by atoms with Gasteiger partial charge in [-0.05, 0) is 12.1 Å². The van der Waals surface area contributed by atoms with Gasteiger partial charge in [-0.2, -0.15) is 0 Å². The van der Waals surface area contributed by atoms with Gasteiger partial charge in [0, 0.05) is 11.8 Å². The molecule has 4 N–H and O–H groups in total. The Kier molecular flexibility index (Phi) is 2.92. The van der Waals surface area contributed by atoms with Crippen LogP contribution in [0.3, 0.4) is 0 Å². The van der Waals surface area contributed by atoms with Gasteiger partial charge >= 0.3 is 5.97 Å². The molecule has 0 unspecified atom stereocenters. The quantitative estimate of drug-likeness (QED) is 0.615. The number of carboxylic acid groups (broad SMARTS) is 1. The van der Waals surface area contributed by atoms with E-state index in [0.29, 0.717) is 5.69 Å². The molecular weight excluding hydrogens is 240 g/mol. The zero-order chi connectivity index (χ0) is 13.1. The minimum Gasteiger partial charge on any atom is -0.507 e. The second-order valence-corrected chi connectivity index (χ2v) is 3.34. The first-order valence-electron chi connectivity index (χ1n) is 4.81. The van der Waals surface area contributed by atoms with Gasteiger partial charge in [0.25, 0.3) is 5.56 Å². The van der Waals surface area contributed by atoms with Crippen LogP contribution >= 0.6 is 0 Å². The first-order valence-corrected chi connectivity index (χ1v) is 4.81. The summed E-state index contributed by atoms with van der Waals surface area (Å²) in [5, 5.41) is 27.9. The number of nitrogens with zero attached hydrogens (tertiary/aromatic N) is 2. The lowest BCUT2D eigenvalue weighted by atomic mass is 10.2. The van der Waals surface area contributed by atoms with E-state index in [1.807, 2.05) is 0 Å². The molecule has 0 amide bonds. The van der Waals surface area contributed by atoms with Gasteiger partial charge in [-0.3, -0.25) is 9.78 Å². The fourth-order valence-corrected chi connectivity index (χ4v) is 1.30. The van der Waals surface area contributed by atoms with Crippen LogP contribution in [0.15, 0.2) is 29.2 Å². The van der Waals surface area contributed by atoms with E-state index in [0.717, 1.165) is 6.20 Å². The van der Waals surface area contributed by atoms with Crippen LogP contribution in [0.2, 0.25) is 0 Å². The number of H-pyrrole nitrogens is 1. The molecule has 8 heteroatoms. The summed E-state index contributed by atoms with van der Waals surface area (Å²) in [5.41, 5.74) is -0.277. The van der Waals surface area contributed by atoms with Gasteiger partial charge in [-0.1, -0.05) is 0 Å². The smallest absolute Gasteiger partial charge is 0.339 e. The minimum atomic E-state index is -1.23. The van der Waals surface area contributed by atoms with Crippen molar-refractivity contribution in [1.29, 1.82) is 0 Å². The number of aromatic nitrogens is 3. The molecule has 0 aliphatic rings. The third kappa shape index (κ3) is 2.43. The average Bonchev–Trinajstić information content (AvgIpc) is 2.28. The molecule has 0 aliphatic heterocycles. The number of benzene rings is 1. The number of carboxylic acids is 1. The number of aromatic amines is 1. The summed E-state index contributed by atoms with van der Waals surface area (Å²) in [5.74, 6) is -1.53. The van der Waals surface area contributed by atoms with Crippen LogP contribution in [0.4, 0.5) is 11.6 Å². The predicted octanol–water partition coefficient (Wildman–Crippen LogP) is 0.312. The third-order valence-electron chi connectivity index (χ3n) is 2.07. The van der Waals surface area contributed by atoms with Gasteiger partial charge in [0.05, 0.1) is 0 Å². The highest BCUT2D eigenvalue weighted by molar-refractivity contribution is 5.91. The topological polar surface area (TPSA) is 128 Å². The van der Waals surface area contributed by atoms with Crippen LogP contribution in [0.5, 0.6) is 5.75 Å². The van der Waals surface area contributed by atoms with Gasteiger partial charge in [0.2, 0.25) is 5.95 Å². The molecule has 0 saturated carbocycles. The van der Waals surface area contributed by atoms with Crippen molar-refractivity contribution < 1.29 is 15.0 Å². The Morgan fingerprint density at radius 1 is 1.39 bits per heavy atom. The maximum absolute atomic E-state index is 11.0. The van der Waals surface area contributed by atoms with E-state index < -0.39 is 17.3 Å². The van der Waals surface area contributed by atoms with E-state index in [1.54, 1.807) is 0 Å². The first-order chi connectivity index (χ1) is 8.56. The summed E-state index contributed by atoms with van der Waals surface area (Å²) >= 11 is 0. The molecule has 8 nitrogen and oxygen atoms in total. The van der Waals surface area contributed by atoms with Crippen molar-refractivity contribution in [3.8, 4) is 5.75 Å². The molecule has 18 heavy (non-hydrogen) atoms. The molecule has 0 radical (unpaired) electrons. The van der Waals surface area contributed by atoms with E-state index in [-0.39, 0.29) is 11.5 Å². The lowest BCUT2D eigenvalue weighted by Gasteiger charge is -2.06. The molecule has 0 spiro atoms. The lowest BCUT2D eigenvalue weighted by Crippen LogP contribution is -2.10. The first kappa shape index (κ1) is 11.6. The molecular formula is C10H8N4O4. The summed E-state index contributed by atoms with van der Waals surface area (Å²) in [6.07, 6.45) is 1.01. The summed E-state index contributed by atoms with van der Waals surface area (Å²) in [4.78, 5) is 24.0. The molecule has 1 aromatic carbocycles. The van der Waals surface area contributed by atoms with Gasteiger partial charge < -0.3 is 15.5 Å². The van der Waals surface area contributed by atoms with Crippen LogP contribution < -0.4 is 10.9 Å². The Bertz CT molecular complexity index is 652. The Labute approximate surface area is 99.9 Å². The fourth-order valence-electron chi connectivity index (χ4n) is 1.30. The molecule has 0 saturated heterocycles. The Balaban J connectivity index is 2.28. The Hall–Kier alpha value is -2.90. The summed E-state index contributed by atoms with van der Waals surface area (Å²) in [6, 6.07) is 3.86. The number of anilines is 2. The van der Waals surface area contributed by atoms with Crippen molar-refractivity contribution in [3.05, 3.63) is 40.3 Å². The van der Waals surface area contributed by atoms with Gasteiger partial charge in [0.1, 0.15) is 17.5 Å². The van der Waals surface area contributed by atoms with Gasteiger partial charge in [0.15, 0.2) is 0 Å². The zero-order valence-electron chi connectivity index (χ0n) is 8.91. The molecule has 0 bridgehead atoms. The molecule has 0 atom stereocenters. The maximum atomic E-state index is 11.0. The second-order valence-electron chi connectivity index (χ2n) is 3.34. The molecule has 2 aromatic rings. The molecule has 0 fully saturated rings. The van der Waals surface area contributed by atoms with Crippen molar-refractivity contribution >= 4 is 17.6 Å². The highest BCUT2D eigenvalue weighted by Crippen LogP contribution is 2.23. The number of aromatic hydroxyl groups is 1. The number of hydrogen-bond donors (Lipinski definition) is 4. The summed E-state index contributed by atoms with van der Waals surface area (Å²) in [6.45, 7) is 0. The van der Waals surface area contributed by atoms with Crippen molar-refractivity contribution in [3.63, 3.8) is 0 Å². The van der Waals surface area contributed by atoms with Gasteiger partial charge in [-0.15, -0.1) is 10.2 Å². The zero-order valence-corrected chi connectivity index (χ0v) is 8.91. The maximum Gasteiger partial charge on any atom is 0.339 e.